The van der Waals surface area contributed by atoms with Gasteiger partial charge in [0.15, 0.2) is 0 Å². The van der Waals surface area contributed by atoms with Gasteiger partial charge in [-0.05, 0) is 56.8 Å². The molecule has 0 spiro atoms. The molecule has 0 aromatic heterocycles. The molecule has 1 amide bonds. The Morgan fingerprint density at radius 2 is 2.10 bits per heavy atom. The predicted octanol–water partition coefficient (Wildman–Crippen LogP) is 4.11. The van der Waals surface area contributed by atoms with Crippen LogP contribution in [0.2, 0.25) is 0 Å². The third kappa shape index (κ3) is 4.38. The van der Waals surface area contributed by atoms with Crippen LogP contribution in [0.3, 0.4) is 0 Å². The van der Waals surface area contributed by atoms with E-state index in [-0.39, 0.29) is 17.6 Å². The van der Waals surface area contributed by atoms with Crippen LogP contribution in [0.1, 0.15) is 30.9 Å². The van der Waals surface area contributed by atoms with Crippen molar-refractivity contribution in [3.8, 4) is 5.75 Å². The Morgan fingerprint density at radius 1 is 1.27 bits per heavy atom. The van der Waals surface area contributed by atoms with Gasteiger partial charge in [-0.2, -0.15) is 5.10 Å². The molecule has 5 nitrogen and oxygen atoms in total. The van der Waals surface area contributed by atoms with Crippen molar-refractivity contribution in [1.29, 1.82) is 0 Å². The Morgan fingerprint density at radius 3 is 2.90 bits per heavy atom. The lowest BCUT2D eigenvalue weighted by molar-refractivity contribution is -0.119. The number of aryl methyl sites for hydroxylation is 1. The van der Waals surface area contributed by atoms with Gasteiger partial charge in [0, 0.05) is 36.4 Å². The minimum absolute atomic E-state index is 0.0401. The van der Waals surface area contributed by atoms with Crippen molar-refractivity contribution in [3.63, 3.8) is 0 Å². The first-order chi connectivity index (χ1) is 14.4. The van der Waals surface area contributed by atoms with Gasteiger partial charge in [-0.15, -0.1) is 0 Å². The topological polar surface area (TPSA) is 45.1 Å². The molecule has 30 heavy (non-hydrogen) atoms. The van der Waals surface area contributed by atoms with Crippen LogP contribution in [-0.4, -0.2) is 43.8 Å². The number of fused-ring (bicyclic) bond motifs is 3. The molecule has 2 aliphatic rings. The van der Waals surface area contributed by atoms with Crippen LogP contribution in [-0.2, 0) is 11.2 Å². The fourth-order valence-electron chi connectivity index (χ4n) is 4.31. The summed E-state index contributed by atoms with van der Waals surface area (Å²) >= 11 is 0. The number of hydrogen-bond acceptors (Lipinski definition) is 4. The molecule has 0 radical (unpaired) electrons. The monoisotopic (exact) mass is 409 g/mol. The highest BCUT2D eigenvalue weighted by Crippen LogP contribution is 2.34. The van der Waals surface area contributed by atoms with Gasteiger partial charge in [0.1, 0.15) is 11.6 Å². The van der Waals surface area contributed by atoms with Crippen molar-refractivity contribution < 1.29 is 13.9 Å². The number of anilines is 1. The molecule has 2 atom stereocenters. The maximum absolute atomic E-state index is 13.9. The molecular formula is C24H28FN3O2. The van der Waals surface area contributed by atoms with Gasteiger partial charge in [0.05, 0.1) is 18.0 Å². The molecule has 1 aliphatic heterocycles. The number of rotatable bonds is 6. The lowest BCUT2D eigenvalue weighted by atomic mass is 9.79. The van der Waals surface area contributed by atoms with Gasteiger partial charge in [-0.1, -0.05) is 19.1 Å². The van der Waals surface area contributed by atoms with Crippen molar-refractivity contribution in [1.82, 2.24) is 4.90 Å². The molecule has 0 N–H and O–H groups in total. The Kier molecular flexibility index (Phi) is 5.86. The van der Waals surface area contributed by atoms with Crippen LogP contribution >= 0.6 is 0 Å². The average Bonchev–Trinajstić information content (AvgIpc) is 2.71. The zero-order valence-corrected chi connectivity index (χ0v) is 17.8. The van der Waals surface area contributed by atoms with E-state index in [2.05, 4.69) is 16.9 Å². The number of ether oxygens (including phenoxy) is 1. The van der Waals surface area contributed by atoms with Crippen molar-refractivity contribution in [2.45, 2.75) is 26.2 Å². The number of carbonyl (C=O) groups is 1. The van der Waals surface area contributed by atoms with E-state index in [1.807, 2.05) is 44.4 Å². The van der Waals surface area contributed by atoms with E-state index in [0.717, 1.165) is 36.2 Å². The Bertz CT molecular complexity index is 973. The van der Waals surface area contributed by atoms with E-state index < -0.39 is 0 Å². The van der Waals surface area contributed by atoms with Gasteiger partial charge < -0.3 is 9.64 Å². The standard InChI is InChI=1S/C24H28FN3O2/c1-16(14-27(2)3)15-30-21-6-4-5-20(13-21)28-23(29)11-18-8-7-17-9-10-19(25)12-22(17)24(18)26-28/h4-6,9-10,12-13,16,18H,7-8,11,14-15H2,1-3H3. The molecule has 0 bridgehead atoms. The van der Waals surface area contributed by atoms with Crippen LogP contribution in [0, 0.1) is 17.7 Å². The van der Waals surface area contributed by atoms with Crippen LogP contribution in [0.25, 0.3) is 0 Å². The van der Waals surface area contributed by atoms with Crippen molar-refractivity contribution in [2.24, 2.45) is 16.9 Å². The summed E-state index contributed by atoms with van der Waals surface area (Å²) in [5.41, 5.74) is 3.40. The molecule has 1 heterocycles. The number of amides is 1. The first-order valence-electron chi connectivity index (χ1n) is 10.5. The lowest BCUT2D eigenvalue weighted by Crippen LogP contribution is -2.39. The highest BCUT2D eigenvalue weighted by molar-refractivity contribution is 6.11. The van der Waals surface area contributed by atoms with Crippen molar-refractivity contribution in [2.75, 3.05) is 32.3 Å². The minimum atomic E-state index is -0.275. The summed E-state index contributed by atoms with van der Waals surface area (Å²) in [6.07, 6.45) is 2.10. The molecule has 0 saturated heterocycles. The number of nitrogens with zero attached hydrogens (tertiary/aromatic N) is 3. The SMILES string of the molecule is CC(COc1cccc(N2N=C3c4cc(F)ccc4CCC3CC2=O)c1)CN(C)C. The van der Waals surface area contributed by atoms with Gasteiger partial charge in [-0.25, -0.2) is 9.40 Å². The van der Waals surface area contributed by atoms with E-state index in [9.17, 15) is 9.18 Å². The Hall–Kier alpha value is -2.73. The molecule has 2 aromatic carbocycles. The molecule has 158 valence electrons. The number of hydrogen-bond donors (Lipinski definition) is 0. The molecule has 1 aliphatic carbocycles. The van der Waals surface area contributed by atoms with E-state index in [1.54, 1.807) is 6.07 Å². The van der Waals surface area contributed by atoms with E-state index in [1.165, 1.54) is 11.1 Å². The second kappa shape index (κ2) is 8.56. The van der Waals surface area contributed by atoms with Crippen LogP contribution in [0.5, 0.6) is 5.75 Å². The summed E-state index contributed by atoms with van der Waals surface area (Å²) in [4.78, 5) is 15.0. The molecule has 4 rings (SSSR count). The minimum Gasteiger partial charge on any atom is -0.493 e. The van der Waals surface area contributed by atoms with Crippen LogP contribution < -0.4 is 9.75 Å². The third-order valence-electron chi connectivity index (χ3n) is 5.64. The lowest BCUT2D eigenvalue weighted by Gasteiger charge is -2.33. The number of carbonyl (C=O) groups excluding carboxylic acids is 1. The zero-order chi connectivity index (χ0) is 21.3. The van der Waals surface area contributed by atoms with Gasteiger partial charge in [-0.3, -0.25) is 4.79 Å². The first-order valence-corrected chi connectivity index (χ1v) is 10.5. The number of hydrazone groups is 1. The second-order valence-electron chi connectivity index (χ2n) is 8.61. The normalized spacial score (nSPS) is 19.2. The van der Waals surface area contributed by atoms with E-state index >= 15 is 0 Å². The first kappa shape index (κ1) is 20.5. The maximum Gasteiger partial charge on any atom is 0.248 e. The van der Waals surface area contributed by atoms with Gasteiger partial charge >= 0.3 is 0 Å². The second-order valence-corrected chi connectivity index (χ2v) is 8.61. The molecule has 2 unspecified atom stereocenters. The molecule has 2 aromatic rings. The smallest absolute Gasteiger partial charge is 0.248 e. The molecule has 6 heteroatoms. The zero-order valence-electron chi connectivity index (χ0n) is 17.8. The van der Waals surface area contributed by atoms with Crippen molar-refractivity contribution >= 4 is 17.3 Å². The van der Waals surface area contributed by atoms with E-state index in [0.29, 0.717) is 30.4 Å². The summed E-state index contributed by atoms with van der Waals surface area (Å²) < 4.78 is 19.8. The maximum atomic E-state index is 13.9. The van der Waals surface area contributed by atoms with Gasteiger partial charge in [0.25, 0.3) is 0 Å². The van der Waals surface area contributed by atoms with E-state index in [4.69, 9.17) is 4.74 Å². The molecular weight excluding hydrogens is 381 g/mol. The highest BCUT2D eigenvalue weighted by atomic mass is 19.1. The molecule has 0 fully saturated rings. The summed E-state index contributed by atoms with van der Waals surface area (Å²) in [6.45, 7) is 3.68. The number of halogens is 1. The highest BCUT2D eigenvalue weighted by Gasteiger charge is 2.34. The Balaban J connectivity index is 1.58. The average molecular weight is 410 g/mol. The Labute approximate surface area is 177 Å². The summed E-state index contributed by atoms with van der Waals surface area (Å²) in [5, 5.41) is 6.13. The van der Waals surface area contributed by atoms with Crippen LogP contribution in [0.4, 0.5) is 10.1 Å². The summed E-state index contributed by atoms with van der Waals surface area (Å²) in [7, 11) is 4.08. The molecule has 0 saturated carbocycles. The quantitative estimate of drug-likeness (QED) is 0.721. The van der Waals surface area contributed by atoms with Crippen molar-refractivity contribution in [3.05, 3.63) is 59.4 Å². The predicted molar refractivity (Wildman–Crippen MR) is 117 cm³/mol. The largest absolute Gasteiger partial charge is 0.493 e. The third-order valence-corrected chi connectivity index (χ3v) is 5.64. The van der Waals surface area contributed by atoms with Crippen LogP contribution in [0.15, 0.2) is 47.6 Å². The fraction of sp³-hybridized carbons (Fsp3) is 0.417. The number of benzene rings is 2. The summed E-state index contributed by atoms with van der Waals surface area (Å²) in [5.74, 6) is 0.831. The summed E-state index contributed by atoms with van der Waals surface area (Å²) in [6, 6.07) is 12.3. The fourth-order valence-corrected chi connectivity index (χ4v) is 4.31. The van der Waals surface area contributed by atoms with Gasteiger partial charge in [0.2, 0.25) is 5.91 Å².